The summed E-state index contributed by atoms with van der Waals surface area (Å²) in [5, 5.41) is 15.2. The lowest BCUT2D eigenvalue weighted by atomic mass is 9.99. The zero-order chi connectivity index (χ0) is 29.7. The molecule has 1 saturated heterocycles. The summed E-state index contributed by atoms with van der Waals surface area (Å²) < 4.78 is 13.1. The van der Waals surface area contributed by atoms with Crippen LogP contribution in [0.25, 0.3) is 0 Å². The normalized spacial score (nSPS) is 20.9. The van der Waals surface area contributed by atoms with Crippen molar-refractivity contribution in [3.8, 4) is 0 Å². The first kappa shape index (κ1) is 31.9. The fourth-order valence-electron chi connectivity index (χ4n) is 5.90. The average molecular weight is 578 g/mol. The van der Waals surface area contributed by atoms with Gasteiger partial charge in [0.15, 0.2) is 6.29 Å². The maximum Gasteiger partial charge on any atom is 0.224 e. The van der Waals surface area contributed by atoms with E-state index >= 15 is 0 Å². The molecule has 8 nitrogen and oxygen atoms in total. The smallest absolute Gasteiger partial charge is 0.224 e. The van der Waals surface area contributed by atoms with Crippen LogP contribution in [-0.4, -0.2) is 53.6 Å². The summed E-state index contributed by atoms with van der Waals surface area (Å²) in [6.07, 6.45) is 10.00. The van der Waals surface area contributed by atoms with Crippen molar-refractivity contribution in [2.24, 2.45) is 0 Å². The number of unbranched alkanes of at least 4 members (excludes halogenated alkanes) is 2. The Bertz CT molecular complexity index is 1130. The van der Waals surface area contributed by atoms with E-state index in [2.05, 4.69) is 22.1 Å². The molecule has 4 rings (SSSR count). The predicted octanol–water partition coefficient (Wildman–Crippen LogP) is 5.79. The lowest BCUT2D eigenvalue weighted by Gasteiger charge is -2.39. The summed E-state index contributed by atoms with van der Waals surface area (Å²) in [4.78, 5) is 25.9. The molecule has 2 amide bonds. The number of hydrogen-bond donors (Lipinski definition) is 3. The molecule has 228 valence electrons. The highest BCUT2D eigenvalue weighted by atomic mass is 16.7. The molecule has 0 radical (unpaired) electrons. The van der Waals surface area contributed by atoms with Crippen LogP contribution in [0.2, 0.25) is 0 Å². The van der Waals surface area contributed by atoms with Crippen molar-refractivity contribution in [2.45, 2.75) is 95.9 Å². The molecule has 0 spiro atoms. The number of anilines is 1. The molecule has 8 heteroatoms. The number of nitrogens with zero attached hydrogens (tertiary/aromatic N) is 1. The van der Waals surface area contributed by atoms with Crippen molar-refractivity contribution in [3.63, 3.8) is 0 Å². The van der Waals surface area contributed by atoms with E-state index in [0.29, 0.717) is 19.0 Å². The Balaban J connectivity index is 1.39. The maximum absolute atomic E-state index is 12.4. The van der Waals surface area contributed by atoms with Gasteiger partial charge in [0.1, 0.15) is 0 Å². The van der Waals surface area contributed by atoms with Crippen molar-refractivity contribution >= 4 is 17.5 Å². The highest BCUT2D eigenvalue weighted by Gasteiger charge is 2.34. The van der Waals surface area contributed by atoms with E-state index in [-0.39, 0.29) is 30.6 Å². The highest BCUT2D eigenvalue weighted by Crippen LogP contribution is 2.39. The Morgan fingerprint density at radius 2 is 1.71 bits per heavy atom. The van der Waals surface area contributed by atoms with Gasteiger partial charge in [0.05, 0.1) is 18.8 Å². The number of aliphatic hydroxyl groups excluding tert-OH is 1. The van der Waals surface area contributed by atoms with Crippen molar-refractivity contribution in [2.75, 3.05) is 25.0 Å². The van der Waals surface area contributed by atoms with Gasteiger partial charge in [-0.3, -0.25) is 14.5 Å². The van der Waals surface area contributed by atoms with E-state index in [4.69, 9.17) is 9.47 Å². The van der Waals surface area contributed by atoms with Gasteiger partial charge in [-0.2, -0.15) is 0 Å². The third-order valence-corrected chi connectivity index (χ3v) is 8.18. The number of carbonyl (C=O) groups excluding carboxylic acids is 2. The number of aliphatic hydroxyl groups is 1. The number of amides is 2. The minimum absolute atomic E-state index is 0.0134. The molecule has 1 saturated carbocycles. The van der Waals surface area contributed by atoms with Crippen LogP contribution in [0.4, 0.5) is 5.69 Å². The van der Waals surface area contributed by atoms with Gasteiger partial charge in [0.25, 0.3) is 0 Å². The summed E-state index contributed by atoms with van der Waals surface area (Å²) in [7, 11) is 0. The van der Waals surface area contributed by atoms with E-state index in [1.54, 1.807) is 0 Å². The molecule has 0 aromatic heterocycles. The van der Waals surface area contributed by atoms with Crippen LogP contribution in [0.3, 0.4) is 0 Å². The second-order valence-corrected chi connectivity index (χ2v) is 11.5. The topological polar surface area (TPSA) is 100 Å². The number of carbonyl (C=O) groups is 2. The van der Waals surface area contributed by atoms with Gasteiger partial charge >= 0.3 is 0 Å². The standard InChI is InChI=1S/C34H47N3O5/c1-3-21-37(30-9-6-7-10-30)23-31-22-32(27-14-12-26(24-38)13-15-27)42-34(41-31)28-16-18-29(19-17-28)36-33(40)11-5-4-8-20-35-25(2)39/h3,12-19,30-32,34,38H,1,4-11,20-24H2,2H3,(H,35,39)(H,36,40). The third kappa shape index (κ3) is 9.76. The molecule has 1 heterocycles. The van der Waals surface area contributed by atoms with E-state index < -0.39 is 6.29 Å². The molecule has 2 aromatic carbocycles. The van der Waals surface area contributed by atoms with Gasteiger partial charge in [-0.15, -0.1) is 6.58 Å². The summed E-state index contributed by atoms with van der Waals surface area (Å²) in [5.41, 5.74) is 3.59. The molecular weight excluding hydrogens is 530 g/mol. The average Bonchev–Trinajstić information content (AvgIpc) is 3.54. The zero-order valence-electron chi connectivity index (χ0n) is 24.9. The summed E-state index contributed by atoms with van der Waals surface area (Å²) in [6, 6.07) is 16.2. The number of ether oxygens (including phenoxy) is 2. The molecule has 3 N–H and O–H groups in total. The molecule has 1 aliphatic heterocycles. The van der Waals surface area contributed by atoms with Gasteiger partial charge in [0, 0.05) is 56.7 Å². The summed E-state index contributed by atoms with van der Waals surface area (Å²) >= 11 is 0. The third-order valence-electron chi connectivity index (χ3n) is 8.18. The largest absolute Gasteiger partial charge is 0.392 e. The Morgan fingerprint density at radius 3 is 2.38 bits per heavy atom. The van der Waals surface area contributed by atoms with Crippen molar-refractivity contribution < 1.29 is 24.2 Å². The lowest BCUT2D eigenvalue weighted by Crippen LogP contribution is -2.43. The molecule has 2 aromatic rings. The molecule has 3 unspecified atom stereocenters. The summed E-state index contributed by atoms with van der Waals surface area (Å²) in [5.74, 6) is -0.0465. The Kier molecular flexibility index (Phi) is 12.6. The number of hydrogen-bond acceptors (Lipinski definition) is 6. The first-order chi connectivity index (χ1) is 20.4. The first-order valence-corrected chi connectivity index (χ1v) is 15.4. The monoisotopic (exact) mass is 577 g/mol. The van der Waals surface area contributed by atoms with E-state index in [1.165, 1.54) is 32.6 Å². The van der Waals surface area contributed by atoms with Crippen LogP contribution in [0.5, 0.6) is 0 Å². The molecule has 1 aliphatic carbocycles. The summed E-state index contributed by atoms with van der Waals surface area (Å²) in [6.45, 7) is 7.83. The molecule has 2 fully saturated rings. The second kappa shape index (κ2) is 16.6. The quantitative estimate of drug-likeness (QED) is 0.183. The second-order valence-electron chi connectivity index (χ2n) is 11.5. The minimum atomic E-state index is -0.534. The Morgan fingerprint density at radius 1 is 1.00 bits per heavy atom. The van der Waals surface area contributed by atoms with E-state index in [0.717, 1.165) is 61.2 Å². The first-order valence-electron chi connectivity index (χ1n) is 15.4. The Hall–Kier alpha value is -3.04. The van der Waals surface area contributed by atoms with Gasteiger partial charge in [0.2, 0.25) is 11.8 Å². The molecule has 0 bridgehead atoms. The minimum Gasteiger partial charge on any atom is -0.392 e. The molecule has 3 atom stereocenters. The van der Waals surface area contributed by atoms with Gasteiger partial charge in [-0.1, -0.05) is 61.7 Å². The molecule has 42 heavy (non-hydrogen) atoms. The van der Waals surface area contributed by atoms with Crippen molar-refractivity contribution in [1.29, 1.82) is 0 Å². The lowest BCUT2D eigenvalue weighted by molar-refractivity contribution is -0.253. The molecule has 2 aliphatic rings. The fourth-order valence-corrected chi connectivity index (χ4v) is 5.90. The molecular formula is C34H47N3O5. The van der Waals surface area contributed by atoms with Crippen molar-refractivity contribution in [1.82, 2.24) is 10.2 Å². The van der Waals surface area contributed by atoms with Crippen LogP contribution < -0.4 is 10.6 Å². The predicted molar refractivity (Wildman–Crippen MR) is 165 cm³/mol. The number of rotatable bonds is 15. The number of nitrogens with one attached hydrogen (secondary N) is 2. The van der Waals surface area contributed by atoms with Gasteiger partial charge in [-0.05, 0) is 48.9 Å². The van der Waals surface area contributed by atoms with Crippen LogP contribution in [0.15, 0.2) is 61.2 Å². The van der Waals surface area contributed by atoms with Crippen LogP contribution in [-0.2, 0) is 25.7 Å². The van der Waals surface area contributed by atoms with E-state index in [1.807, 2.05) is 54.6 Å². The highest BCUT2D eigenvalue weighted by molar-refractivity contribution is 5.90. The maximum atomic E-state index is 12.4. The Labute approximate surface area is 250 Å². The van der Waals surface area contributed by atoms with Gasteiger partial charge in [-0.25, -0.2) is 0 Å². The van der Waals surface area contributed by atoms with Gasteiger partial charge < -0.3 is 25.2 Å². The van der Waals surface area contributed by atoms with Crippen LogP contribution in [0, 0.1) is 0 Å². The van der Waals surface area contributed by atoms with Crippen LogP contribution in [0.1, 0.15) is 93.8 Å². The van der Waals surface area contributed by atoms with E-state index in [9.17, 15) is 14.7 Å². The zero-order valence-corrected chi connectivity index (χ0v) is 24.9. The van der Waals surface area contributed by atoms with Crippen molar-refractivity contribution in [3.05, 3.63) is 77.9 Å². The number of benzene rings is 2. The fraction of sp³-hybridized carbons (Fsp3) is 0.529. The SMILES string of the molecule is C=CCN(CC1CC(c2ccc(CO)cc2)OC(c2ccc(NC(=O)CCCCCNC(C)=O)cc2)O1)C1CCCC1. The van der Waals surface area contributed by atoms with Crippen LogP contribution >= 0.6 is 0 Å².